The van der Waals surface area contributed by atoms with Gasteiger partial charge >= 0.3 is 0 Å². The maximum Gasteiger partial charge on any atom is 0.242 e. The van der Waals surface area contributed by atoms with Crippen molar-refractivity contribution in [1.29, 1.82) is 0 Å². The van der Waals surface area contributed by atoms with Crippen molar-refractivity contribution in [2.24, 2.45) is 0 Å². The Morgan fingerprint density at radius 3 is 2.36 bits per heavy atom. The summed E-state index contributed by atoms with van der Waals surface area (Å²) >= 11 is 5.79. The fraction of sp³-hybridized carbons (Fsp3) is 0.235. The van der Waals surface area contributed by atoms with Crippen LogP contribution in [0.3, 0.4) is 0 Å². The number of aryl methyl sites for hydroxylation is 1. The van der Waals surface area contributed by atoms with Crippen molar-refractivity contribution in [3.8, 4) is 5.75 Å². The van der Waals surface area contributed by atoms with Gasteiger partial charge in [-0.15, -0.1) is 0 Å². The summed E-state index contributed by atoms with van der Waals surface area (Å²) in [5.74, 6) is 0.114. The van der Waals surface area contributed by atoms with E-state index in [1.807, 2.05) is 0 Å². The van der Waals surface area contributed by atoms with Crippen molar-refractivity contribution >= 4 is 33.2 Å². The first-order valence-electron chi connectivity index (χ1n) is 7.46. The highest BCUT2D eigenvalue weighted by atomic mass is 35.5. The van der Waals surface area contributed by atoms with Crippen LogP contribution in [0.5, 0.6) is 5.75 Å². The zero-order chi connectivity index (χ0) is 18.6. The number of amides is 1. The predicted molar refractivity (Wildman–Crippen MR) is 97.6 cm³/mol. The molecule has 0 saturated carbocycles. The number of methoxy groups -OCH3 is 1. The molecule has 0 saturated heterocycles. The normalized spacial score (nSPS) is 12.5. The average molecular weight is 383 g/mol. The Labute approximate surface area is 152 Å². The third-order valence-electron chi connectivity index (χ3n) is 3.51. The molecule has 0 aliphatic rings. The van der Waals surface area contributed by atoms with Crippen molar-refractivity contribution < 1.29 is 17.9 Å². The molecule has 1 atom stereocenters. The lowest BCUT2D eigenvalue weighted by atomic mass is 10.2. The van der Waals surface area contributed by atoms with Crippen LogP contribution in [0.1, 0.15) is 12.5 Å². The highest BCUT2D eigenvalue weighted by Crippen LogP contribution is 2.21. The van der Waals surface area contributed by atoms with E-state index in [1.54, 1.807) is 37.3 Å². The Kier molecular flexibility index (Phi) is 6.05. The molecule has 0 fully saturated rings. The molecule has 0 radical (unpaired) electrons. The highest BCUT2D eigenvalue weighted by Gasteiger charge is 2.22. The van der Waals surface area contributed by atoms with E-state index in [1.165, 1.54) is 26.2 Å². The summed E-state index contributed by atoms with van der Waals surface area (Å²) in [5, 5.41) is 3.17. The molecule has 134 valence electrons. The quantitative estimate of drug-likeness (QED) is 0.804. The van der Waals surface area contributed by atoms with E-state index >= 15 is 0 Å². The van der Waals surface area contributed by atoms with Gasteiger partial charge in [0.15, 0.2) is 0 Å². The van der Waals surface area contributed by atoms with Gasteiger partial charge in [0.1, 0.15) is 5.75 Å². The second-order valence-electron chi connectivity index (χ2n) is 5.47. The second-order valence-corrected chi connectivity index (χ2v) is 7.62. The number of anilines is 1. The minimum Gasteiger partial charge on any atom is -0.496 e. The van der Waals surface area contributed by atoms with Crippen LogP contribution in [-0.4, -0.2) is 27.5 Å². The van der Waals surface area contributed by atoms with Crippen LogP contribution in [0.15, 0.2) is 47.4 Å². The Bertz CT molecular complexity index is 867. The number of hydrogen-bond donors (Lipinski definition) is 2. The van der Waals surface area contributed by atoms with Gasteiger partial charge < -0.3 is 10.1 Å². The minimum atomic E-state index is -3.84. The van der Waals surface area contributed by atoms with Gasteiger partial charge in [0.2, 0.25) is 15.9 Å². The van der Waals surface area contributed by atoms with Gasteiger partial charge in [-0.25, -0.2) is 8.42 Å². The number of halogens is 1. The van der Waals surface area contributed by atoms with Crippen LogP contribution < -0.4 is 14.8 Å². The van der Waals surface area contributed by atoms with Crippen LogP contribution in [-0.2, 0) is 14.8 Å². The van der Waals surface area contributed by atoms with E-state index in [0.717, 1.165) is 0 Å². The molecule has 2 N–H and O–H groups in total. The molecule has 0 heterocycles. The molecule has 1 amide bonds. The van der Waals surface area contributed by atoms with E-state index in [9.17, 15) is 13.2 Å². The van der Waals surface area contributed by atoms with Crippen molar-refractivity contribution in [2.45, 2.75) is 24.8 Å². The largest absolute Gasteiger partial charge is 0.496 e. The minimum absolute atomic E-state index is 0.0666. The Morgan fingerprint density at radius 1 is 1.16 bits per heavy atom. The number of rotatable bonds is 6. The summed E-state index contributed by atoms with van der Waals surface area (Å²) in [5.41, 5.74) is 1.21. The van der Waals surface area contributed by atoms with Crippen molar-refractivity contribution in [3.05, 3.63) is 53.1 Å². The number of carbonyl (C=O) groups is 1. The van der Waals surface area contributed by atoms with Gasteiger partial charge in [-0.05, 0) is 61.9 Å². The van der Waals surface area contributed by atoms with Crippen LogP contribution in [0.2, 0.25) is 5.02 Å². The van der Waals surface area contributed by atoms with Crippen molar-refractivity contribution in [2.75, 3.05) is 12.4 Å². The van der Waals surface area contributed by atoms with Crippen LogP contribution in [0, 0.1) is 6.92 Å². The van der Waals surface area contributed by atoms with E-state index in [-0.39, 0.29) is 4.90 Å². The number of carbonyl (C=O) groups excluding carboxylic acids is 1. The monoisotopic (exact) mass is 382 g/mol. The van der Waals surface area contributed by atoms with Crippen LogP contribution in [0.4, 0.5) is 5.69 Å². The Balaban J connectivity index is 2.09. The molecule has 2 aromatic rings. The van der Waals surface area contributed by atoms with E-state index in [2.05, 4.69) is 10.0 Å². The summed E-state index contributed by atoms with van der Waals surface area (Å²) in [6, 6.07) is 10.1. The summed E-state index contributed by atoms with van der Waals surface area (Å²) in [6.45, 7) is 3.22. The molecule has 0 aliphatic heterocycles. The first-order valence-corrected chi connectivity index (χ1v) is 9.32. The van der Waals surface area contributed by atoms with Gasteiger partial charge in [-0.2, -0.15) is 4.72 Å². The van der Waals surface area contributed by atoms with Gasteiger partial charge in [0.05, 0.1) is 18.0 Å². The molecule has 6 nitrogen and oxygen atoms in total. The predicted octanol–water partition coefficient (Wildman–Crippen LogP) is 2.96. The molecular weight excluding hydrogens is 364 g/mol. The zero-order valence-electron chi connectivity index (χ0n) is 14.0. The van der Waals surface area contributed by atoms with E-state index < -0.39 is 22.0 Å². The standard InChI is InChI=1S/C17H19ClN2O4S/c1-11-10-15(8-9-16(11)24-3)25(22,23)20-12(2)17(21)19-14-6-4-13(18)5-7-14/h4-10,12,20H,1-3H3,(H,19,21)/t12-/m1/s1. The van der Waals surface area contributed by atoms with E-state index in [4.69, 9.17) is 16.3 Å². The SMILES string of the molecule is COc1ccc(S(=O)(=O)N[C@H](C)C(=O)Nc2ccc(Cl)cc2)cc1C. The van der Waals surface area contributed by atoms with Gasteiger partial charge in [-0.3, -0.25) is 4.79 Å². The molecule has 8 heteroatoms. The highest BCUT2D eigenvalue weighted by molar-refractivity contribution is 7.89. The first kappa shape index (κ1) is 19.2. The maximum atomic E-state index is 12.4. The molecule has 2 aromatic carbocycles. The lowest BCUT2D eigenvalue weighted by Gasteiger charge is -2.15. The van der Waals surface area contributed by atoms with Crippen molar-refractivity contribution in [1.82, 2.24) is 4.72 Å². The lowest BCUT2D eigenvalue weighted by Crippen LogP contribution is -2.41. The third kappa shape index (κ3) is 4.94. The number of sulfonamides is 1. The molecule has 0 aliphatic carbocycles. The van der Waals surface area contributed by atoms with Crippen LogP contribution in [0.25, 0.3) is 0 Å². The molecule has 0 aromatic heterocycles. The smallest absolute Gasteiger partial charge is 0.242 e. The topological polar surface area (TPSA) is 84.5 Å². The molecule has 0 spiro atoms. The Hall–Kier alpha value is -2.09. The van der Waals surface area contributed by atoms with Crippen LogP contribution >= 0.6 is 11.6 Å². The fourth-order valence-corrected chi connectivity index (χ4v) is 3.57. The fourth-order valence-electron chi connectivity index (χ4n) is 2.16. The number of nitrogens with one attached hydrogen (secondary N) is 2. The average Bonchev–Trinajstić information content (AvgIpc) is 2.56. The molecule has 25 heavy (non-hydrogen) atoms. The first-order chi connectivity index (χ1) is 11.7. The number of ether oxygens (including phenoxy) is 1. The van der Waals surface area contributed by atoms with E-state index in [0.29, 0.717) is 22.0 Å². The molecular formula is C17H19ClN2O4S. The van der Waals surface area contributed by atoms with Gasteiger partial charge in [0.25, 0.3) is 0 Å². The summed E-state index contributed by atoms with van der Waals surface area (Å²) in [6.07, 6.45) is 0. The Morgan fingerprint density at radius 2 is 1.80 bits per heavy atom. The molecule has 2 rings (SSSR count). The summed E-state index contributed by atoms with van der Waals surface area (Å²) in [7, 11) is -2.33. The lowest BCUT2D eigenvalue weighted by molar-refractivity contribution is -0.117. The van der Waals surface area contributed by atoms with Crippen molar-refractivity contribution in [3.63, 3.8) is 0 Å². The molecule has 0 unspecified atom stereocenters. The second kappa shape index (κ2) is 7.86. The number of benzene rings is 2. The van der Waals surface area contributed by atoms with Gasteiger partial charge in [0, 0.05) is 10.7 Å². The number of hydrogen-bond acceptors (Lipinski definition) is 4. The summed E-state index contributed by atoms with van der Waals surface area (Å²) in [4.78, 5) is 12.2. The van der Waals surface area contributed by atoms with Gasteiger partial charge in [-0.1, -0.05) is 11.6 Å². The maximum absolute atomic E-state index is 12.4. The molecule has 0 bridgehead atoms. The third-order valence-corrected chi connectivity index (χ3v) is 5.30. The summed E-state index contributed by atoms with van der Waals surface area (Å²) < 4.78 is 32.4. The zero-order valence-corrected chi connectivity index (χ0v) is 15.6.